The number of benzene rings is 1. The van der Waals surface area contributed by atoms with Gasteiger partial charge in [0.15, 0.2) is 0 Å². The number of rotatable bonds is 2. The number of anilines is 1. The number of nitrogens with zero attached hydrogens (tertiary/aromatic N) is 2. The maximum Gasteiger partial charge on any atom is 0.124 e. The standard InChI is InChI=1S/C11H11ClFN3/c1-7(16-11(14)4-5-15-16)9-3-2-8(13)6-10(9)12/h2-7H,14H2,1H3. The molecule has 1 atom stereocenters. The minimum absolute atomic E-state index is 0.122. The van der Waals surface area contributed by atoms with Crippen LogP contribution in [0.2, 0.25) is 5.02 Å². The Kier molecular flexibility index (Phi) is 2.83. The molecular formula is C11H11ClFN3. The number of halogens is 2. The highest BCUT2D eigenvalue weighted by molar-refractivity contribution is 6.31. The summed E-state index contributed by atoms with van der Waals surface area (Å²) in [6.07, 6.45) is 1.61. The Labute approximate surface area is 97.6 Å². The van der Waals surface area contributed by atoms with Gasteiger partial charge in [-0.1, -0.05) is 17.7 Å². The Morgan fingerprint density at radius 1 is 1.44 bits per heavy atom. The molecule has 1 unspecified atom stereocenters. The lowest BCUT2D eigenvalue weighted by Crippen LogP contribution is -2.11. The lowest BCUT2D eigenvalue weighted by molar-refractivity contribution is 0.569. The fourth-order valence-electron chi connectivity index (χ4n) is 1.62. The van der Waals surface area contributed by atoms with Crippen LogP contribution in [0.15, 0.2) is 30.5 Å². The van der Waals surface area contributed by atoms with Crippen LogP contribution in [0.1, 0.15) is 18.5 Å². The summed E-state index contributed by atoms with van der Waals surface area (Å²) in [5, 5.41) is 4.47. The molecule has 0 saturated heterocycles. The first-order valence-corrected chi connectivity index (χ1v) is 5.21. The molecule has 5 heteroatoms. The number of aromatic nitrogens is 2. The average molecular weight is 240 g/mol. The van der Waals surface area contributed by atoms with Gasteiger partial charge in [0.1, 0.15) is 11.6 Å². The van der Waals surface area contributed by atoms with E-state index < -0.39 is 0 Å². The zero-order valence-corrected chi connectivity index (χ0v) is 9.45. The maximum atomic E-state index is 12.9. The van der Waals surface area contributed by atoms with Gasteiger partial charge in [0.25, 0.3) is 0 Å². The van der Waals surface area contributed by atoms with Crippen LogP contribution in [0.25, 0.3) is 0 Å². The summed E-state index contributed by atoms with van der Waals surface area (Å²) in [5.41, 5.74) is 6.53. The number of hydrogen-bond acceptors (Lipinski definition) is 2. The van der Waals surface area contributed by atoms with Gasteiger partial charge >= 0.3 is 0 Å². The number of nitrogen functional groups attached to an aromatic ring is 1. The number of hydrogen-bond donors (Lipinski definition) is 1. The van der Waals surface area contributed by atoms with E-state index in [1.165, 1.54) is 12.1 Å². The normalized spacial score (nSPS) is 12.7. The summed E-state index contributed by atoms with van der Waals surface area (Å²) >= 11 is 5.97. The van der Waals surface area contributed by atoms with Crippen molar-refractivity contribution in [2.75, 3.05) is 5.73 Å². The molecule has 16 heavy (non-hydrogen) atoms. The minimum atomic E-state index is -0.352. The van der Waals surface area contributed by atoms with E-state index in [1.807, 2.05) is 6.92 Å². The fourth-order valence-corrected chi connectivity index (χ4v) is 1.95. The Morgan fingerprint density at radius 3 is 2.75 bits per heavy atom. The predicted octanol–water partition coefficient (Wildman–Crippen LogP) is 2.87. The molecule has 0 aliphatic carbocycles. The zero-order valence-electron chi connectivity index (χ0n) is 8.69. The van der Waals surface area contributed by atoms with Crippen LogP contribution < -0.4 is 5.73 Å². The quantitative estimate of drug-likeness (QED) is 0.876. The first-order valence-electron chi connectivity index (χ1n) is 4.83. The summed E-state index contributed by atoms with van der Waals surface area (Å²) < 4.78 is 14.5. The molecule has 1 aromatic carbocycles. The van der Waals surface area contributed by atoms with E-state index in [9.17, 15) is 4.39 Å². The zero-order chi connectivity index (χ0) is 11.7. The number of nitrogens with two attached hydrogens (primary N) is 1. The van der Waals surface area contributed by atoms with Crippen LogP contribution in [-0.4, -0.2) is 9.78 Å². The van der Waals surface area contributed by atoms with Gasteiger partial charge in [-0.25, -0.2) is 9.07 Å². The van der Waals surface area contributed by atoms with Crippen molar-refractivity contribution in [3.8, 4) is 0 Å². The molecule has 1 aromatic heterocycles. The Morgan fingerprint density at radius 2 is 2.19 bits per heavy atom. The molecule has 0 radical (unpaired) electrons. The molecule has 3 nitrogen and oxygen atoms in total. The van der Waals surface area contributed by atoms with Crippen molar-refractivity contribution in [2.24, 2.45) is 0 Å². The molecule has 0 bridgehead atoms. The molecule has 2 aromatic rings. The highest BCUT2D eigenvalue weighted by Crippen LogP contribution is 2.27. The first-order chi connectivity index (χ1) is 7.59. The van der Waals surface area contributed by atoms with Gasteiger partial charge in [0, 0.05) is 5.02 Å². The third-order valence-corrected chi connectivity index (χ3v) is 2.81. The predicted molar refractivity (Wildman–Crippen MR) is 61.9 cm³/mol. The van der Waals surface area contributed by atoms with Crippen molar-refractivity contribution >= 4 is 17.4 Å². The summed E-state index contributed by atoms with van der Waals surface area (Å²) in [4.78, 5) is 0. The van der Waals surface area contributed by atoms with Crippen molar-refractivity contribution in [1.29, 1.82) is 0 Å². The monoisotopic (exact) mass is 239 g/mol. The summed E-state index contributed by atoms with van der Waals surface area (Å²) in [6.45, 7) is 1.91. The van der Waals surface area contributed by atoms with E-state index in [2.05, 4.69) is 5.10 Å². The lowest BCUT2D eigenvalue weighted by atomic mass is 10.1. The second kappa shape index (κ2) is 4.14. The van der Waals surface area contributed by atoms with Gasteiger partial charge in [-0.15, -0.1) is 0 Å². The van der Waals surface area contributed by atoms with E-state index >= 15 is 0 Å². The molecule has 0 fully saturated rings. The third kappa shape index (κ3) is 1.88. The third-order valence-electron chi connectivity index (χ3n) is 2.48. The molecular weight excluding hydrogens is 229 g/mol. The van der Waals surface area contributed by atoms with E-state index in [4.69, 9.17) is 17.3 Å². The fraction of sp³-hybridized carbons (Fsp3) is 0.182. The summed E-state index contributed by atoms with van der Waals surface area (Å²) in [7, 11) is 0. The van der Waals surface area contributed by atoms with Gasteiger partial charge < -0.3 is 5.73 Å². The van der Waals surface area contributed by atoms with Crippen molar-refractivity contribution in [2.45, 2.75) is 13.0 Å². The van der Waals surface area contributed by atoms with Crippen LogP contribution in [0.3, 0.4) is 0 Å². The highest BCUT2D eigenvalue weighted by Gasteiger charge is 2.14. The van der Waals surface area contributed by atoms with Crippen LogP contribution in [0.4, 0.5) is 10.2 Å². The summed E-state index contributed by atoms with van der Waals surface area (Å²) in [5.74, 6) is 0.197. The largest absolute Gasteiger partial charge is 0.384 e. The maximum absolute atomic E-state index is 12.9. The average Bonchev–Trinajstić information content (AvgIpc) is 2.63. The molecule has 0 spiro atoms. The van der Waals surface area contributed by atoms with Crippen molar-refractivity contribution in [3.63, 3.8) is 0 Å². The molecule has 0 aliphatic rings. The van der Waals surface area contributed by atoms with Gasteiger partial charge in [0.05, 0.1) is 12.2 Å². The Bertz CT molecular complexity index is 510. The van der Waals surface area contributed by atoms with E-state index in [1.54, 1.807) is 23.0 Å². The summed E-state index contributed by atoms with van der Waals surface area (Å²) in [6, 6.07) is 5.88. The van der Waals surface area contributed by atoms with Gasteiger partial charge in [-0.05, 0) is 30.7 Å². The molecule has 2 N–H and O–H groups in total. The molecule has 0 saturated carbocycles. The van der Waals surface area contributed by atoms with Crippen molar-refractivity contribution in [3.05, 3.63) is 46.9 Å². The molecule has 84 valence electrons. The topological polar surface area (TPSA) is 43.8 Å². The van der Waals surface area contributed by atoms with Crippen LogP contribution in [0, 0.1) is 5.82 Å². The van der Waals surface area contributed by atoms with Crippen LogP contribution in [-0.2, 0) is 0 Å². The highest BCUT2D eigenvalue weighted by atomic mass is 35.5. The van der Waals surface area contributed by atoms with Gasteiger partial charge in [0.2, 0.25) is 0 Å². The molecule has 1 heterocycles. The second-order valence-electron chi connectivity index (χ2n) is 3.54. The Hall–Kier alpha value is -1.55. The van der Waals surface area contributed by atoms with Gasteiger partial charge in [-0.2, -0.15) is 5.10 Å². The first kappa shape index (κ1) is 11.0. The molecule has 2 rings (SSSR count). The van der Waals surface area contributed by atoms with Crippen molar-refractivity contribution in [1.82, 2.24) is 9.78 Å². The van der Waals surface area contributed by atoms with Gasteiger partial charge in [-0.3, -0.25) is 0 Å². The van der Waals surface area contributed by atoms with Crippen molar-refractivity contribution < 1.29 is 4.39 Å². The SMILES string of the molecule is CC(c1ccc(F)cc1Cl)n1nccc1N. The van der Waals surface area contributed by atoms with E-state index in [0.717, 1.165) is 5.56 Å². The van der Waals surface area contributed by atoms with Crippen LogP contribution in [0.5, 0.6) is 0 Å². The molecule has 0 amide bonds. The minimum Gasteiger partial charge on any atom is -0.384 e. The smallest absolute Gasteiger partial charge is 0.124 e. The van der Waals surface area contributed by atoms with E-state index in [-0.39, 0.29) is 11.9 Å². The van der Waals surface area contributed by atoms with E-state index in [0.29, 0.717) is 10.8 Å². The molecule has 0 aliphatic heterocycles. The second-order valence-corrected chi connectivity index (χ2v) is 3.95. The lowest BCUT2D eigenvalue weighted by Gasteiger charge is -2.15. The Balaban J connectivity index is 2.41. The van der Waals surface area contributed by atoms with Crippen LogP contribution >= 0.6 is 11.6 Å².